The Hall–Kier alpha value is -3.21. The molecule has 0 fully saturated rings. The average Bonchev–Trinajstić information content (AvgIpc) is 3.18. The molecule has 3 aromatic rings. The molecular weight excluding hydrogens is 378 g/mol. The van der Waals surface area contributed by atoms with Crippen molar-refractivity contribution in [2.45, 2.75) is 4.90 Å². The van der Waals surface area contributed by atoms with Crippen molar-refractivity contribution < 1.29 is 22.6 Å². The minimum Gasteiger partial charge on any atom is -0.481 e. The quantitative estimate of drug-likeness (QED) is 0.673. The van der Waals surface area contributed by atoms with E-state index in [0.717, 1.165) is 10.8 Å². The van der Waals surface area contributed by atoms with Crippen molar-refractivity contribution in [2.75, 3.05) is 19.9 Å². The van der Waals surface area contributed by atoms with Crippen molar-refractivity contribution in [2.24, 2.45) is 0 Å². The van der Waals surface area contributed by atoms with E-state index in [1.165, 1.54) is 0 Å². The van der Waals surface area contributed by atoms with E-state index in [-0.39, 0.29) is 24.8 Å². The van der Waals surface area contributed by atoms with Crippen LogP contribution in [0.1, 0.15) is 0 Å². The van der Waals surface area contributed by atoms with Crippen LogP contribution in [0.25, 0.3) is 10.8 Å². The third kappa shape index (κ3) is 4.03. The van der Waals surface area contributed by atoms with Gasteiger partial charge in [0, 0.05) is 6.07 Å². The fourth-order valence-corrected chi connectivity index (χ4v) is 3.71. The Balaban J connectivity index is 1.31. The highest BCUT2D eigenvalue weighted by Gasteiger charge is 2.14. The summed E-state index contributed by atoms with van der Waals surface area (Å²) in [5, 5.41) is 1.86. The summed E-state index contributed by atoms with van der Waals surface area (Å²) in [7, 11) is -3.62. The normalized spacial score (nSPS) is 12.4. The summed E-state index contributed by atoms with van der Waals surface area (Å²) < 4.78 is 43.3. The SMILES string of the molecule is O=S(=O)(NCC#CCOc1ccc2c(c1)OCO2)c1ccc2ccccc2c1. The van der Waals surface area contributed by atoms with Crippen molar-refractivity contribution >= 4 is 20.8 Å². The van der Waals surface area contributed by atoms with Gasteiger partial charge in [0.15, 0.2) is 11.5 Å². The number of ether oxygens (including phenoxy) is 3. The summed E-state index contributed by atoms with van der Waals surface area (Å²) >= 11 is 0. The molecule has 7 heteroatoms. The molecule has 1 aliphatic rings. The summed E-state index contributed by atoms with van der Waals surface area (Å²) in [5.41, 5.74) is 0. The lowest BCUT2D eigenvalue weighted by molar-refractivity contribution is 0.174. The first-order valence-corrected chi connectivity index (χ1v) is 10.1. The maximum Gasteiger partial charge on any atom is 0.241 e. The fourth-order valence-electron chi connectivity index (χ4n) is 2.75. The molecule has 0 unspecified atom stereocenters. The summed E-state index contributed by atoms with van der Waals surface area (Å²) in [5.74, 6) is 7.46. The Kier molecular flexibility index (Phi) is 5.06. The molecule has 0 saturated carbocycles. The van der Waals surface area contributed by atoms with Crippen LogP contribution in [0, 0.1) is 11.8 Å². The van der Waals surface area contributed by atoms with Gasteiger partial charge in [-0.25, -0.2) is 8.42 Å². The van der Waals surface area contributed by atoms with E-state index in [1.807, 2.05) is 24.3 Å². The second-order valence-electron chi connectivity index (χ2n) is 5.99. The van der Waals surface area contributed by atoms with E-state index in [0.29, 0.717) is 17.2 Å². The Morgan fingerprint density at radius 1 is 0.929 bits per heavy atom. The largest absolute Gasteiger partial charge is 0.481 e. The second kappa shape index (κ2) is 7.80. The maximum absolute atomic E-state index is 12.4. The molecule has 0 amide bonds. The molecule has 0 aromatic heterocycles. The summed E-state index contributed by atoms with van der Waals surface area (Å²) in [6, 6.07) is 17.9. The second-order valence-corrected chi connectivity index (χ2v) is 7.76. The molecule has 1 N–H and O–H groups in total. The Bertz CT molecular complexity index is 1180. The molecule has 6 nitrogen and oxygen atoms in total. The zero-order valence-electron chi connectivity index (χ0n) is 14.8. The van der Waals surface area contributed by atoms with Gasteiger partial charge in [0.05, 0.1) is 11.4 Å². The van der Waals surface area contributed by atoms with Crippen LogP contribution in [0.15, 0.2) is 65.6 Å². The van der Waals surface area contributed by atoms with Crippen LogP contribution in [0.4, 0.5) is 0 Å². The van der Waals surface area contributed by atoms with E-state index in [9.17, 15) is 8.42 Å². The van der Waals surface area contributed by atoms with Crippen LogP contribution in [0.2, 0.25) is 0 Å². The number of fused-ring (bicyclic) bond motifs is 2. The van der Waals surface area contributed by atoms with Crippen molar-refractivity contribution in [1.29, 1.82) is 0 Å². The highest BCUT2D eigenvalue weighted by molar-refractivity contribution is 7.89. The number of sulfonamides is 1. The Morgan fingerprint density at radius 3 is 2.64 bits per heavy atom. The third-order valence-electron chi connectivity index (χ3n) is 4.16. The van der Waals surface area contributed by atoms with Crippen LogP contribution in [0.5, 0.6) is 17.2 Å². The smallest absolute Gasteiger partial charge is 0.241 e. The van der Waals surface area contributed by atoms with E-state index >= 15 is 0 Å². The lowest BCUT2D eigenvalue weighted by Gasteiger charge is -2.05. The highest BCUT2D eigenvalue weighted by atomic mass is 32.2. The zero-order valence-corrected chi connectivity index (χ0v) is 15.7. The van der Waals surface area contributed by atoms with Gasteiger partial charge in [-0.2, -0.15) is 4.72 Å². The lowest BCUT2D eigenvalue weighted by Crippen LogP contribution is -2.24. The van der Waals surface area contributed by atoms with E-state index in [1.54, 1.807) is 36.4 Å². The molecule has 0 atom stereocenters. The molecule has 3 aromatic carbocycles. The minimum absolute atomic E-state index is 0.000338. The Morgan fingerprint density at radius 2 is 1.75 bits per heavy atom. The maximum atomic E-state index is 12.4. The van der Waals surface area contributed by atoms with Gasteiger partial charge in [0.25, 0.3) is 0 Å². The molecule has 0 radical (unpaired) electrons. The molecule has 142 valence electrons. The molecule has 1 aliphatic heterocycles. The zero-order chi connectivity index (χ0) is 19.4. The number of hydrogen-bond acceptors (Lipinski definition) is 5. The molecule has 4 rings (SSSR count). The summed E-state index contributed by atoms with van der Waals surface area (Å²) in [6.45, 7) is 0.340. The first-order valence-electron chi connectivity index (χ1n) is 8.58. The van der Waals surface area contributed by atoms with Gasteiger partial charge in [-0.05, 0) is 35.0 Å². The fraction of sp³-hybridized carbons (Fsp3) is 0.143. The van der Waals surface area contributed by atoms with Crippen LogP contribution < -0.4 is 18.9 Å². The summed E-state index contributed by atoms with van der Waals surface area (Å²) in [4.78, 5) is 0.213. The van der Waals surface area contributed by atoms with Crippen molar-refractivity contribution in [3.8, 4) is 29.1 Å². The van der Waals surface area contributed by atoms with Crippen LogP contribution in [-0.4, -0.2) is 28.4 Å². The number of rotatable bonds is 5. The average molecular weight is 395 g/mol. The topological polar surface area (TPSA) is 73.9 Å². The monoisotopic (exact) mass is 395 g/mol. The van der Waals surface area contributed by atoms with Gasteiger partial charge in [-0.3, -0.25) is 0 Å². The van der Waals surface area contributed by atoms with Crippen molar-refractivity contribution in [3.63, 3.8) is 0 Å². The molecule has 1 heterocycles. The van der Waals surface area contributed by atoms with E-state index < -0.39 is 10.0 Å². The predicted molar refractivity (Wildman–Crippen MR) is 105 cm³/mol. The highest BCUT2D eigenvalue weighted by Crippen LogP contribution is 2.34. The number of hydrogen-bond donors (Lipinski definition) is 1. The Labute approximate surface area is 163 Å². The van der Waals surface area contributed by atoms with E-state index in [2.05, 4.69) is 16.6 Å². The first-order chi connectivity index (χ1) is 13.6. The van der Waals surface area contributed by atoms with Gasteiger partial charge < -0.3 is 14.2 Å². The molecular formula is C21H17NO5S. The van der Waals surface area contributed by atoms with Gasteiger partial charge in [0.1, 0.15) is 12.4 Å². The van der Waals surface area contributed by atoms with Gasteiger partial charge in [-0.15, -0.1) is 0 Å². The number of benzene rings is 3. The van der Waals surface area contributed by atoms with Gasteiger partial charge in [0.2, 0.25) is 16.8 Å². The molecule has 0 aliphatic carbocycles. The van der Waals surface area contributed by atoms with Gasteiger partial charge >= 0.3 is 0 Å². The van der Waals surface area contributed by atoms with Crippen LogP contribution in [0.3, 0.4) is 0 Å². The van der Waals surface area contributed by atoms with Gasteiger partial charge in [-0.1, -0.05) is 42.2 Å². The van der Waals surface area contributed by atoms with E-state index in [4.69, 9.17) is 14.2 Å². The van der Waals surface area contributed by atoms with Crippen LogP contribution in [-0.2, 0) is 10.0 Å². The molecule has 28 heavy (non-hydrogen) atoms. The molecule has 0 bridgehead atoms. The van der Waals surface area contributed by atoms with Crippen LogP contribution >= 0.6 is 0 Å². The summed E-state index contributed by atoms with van der Waals surface area (Å²) in [6.07, 6.45) is 0. The van der Waals surface area contributed by atoms with Crippen molar-refractivity contribution in [1.82, 2.24) is 4.72 Å². The lowest BCUT2D eigenvalue weighted by atomic mass is 10.1. The standard InChI is InChI=1S/C21H17NO5S/c23-28(24,19-9-7-16-5-1-2-6-17(16)13-19)22-11-3-4-12-25-18-8-10-20-21(14-18)27-15-26-20/h1-2,5-10,13-14,22H,11-12,15H2. The first kappa shape index (κ1) is 18.2. The molecule has 0 spiro atoms. The minimum atomic E-state index is -3.62. The molecule has 0 saturated heterocycles. The van der Waals surface area contributed by atoms with Crippen molar-refractivity contribution in [3.05, 3.63) is 60.7 Å². The number of nitrogens with one attached hydrogen (secondary N) is 1. The third-order valence-corrected chi connectivity index (χ3v) is 5.56. The predicted octanol–water partition coefficient (Wildman–Crippen LogP) is 2.93.